The number of nitrogens with two attached hydrogens (primary N) is 1. The third-order valence-corrected chi connectivity index (χ3v) is 4.07. The van der Waals surface area contributed by atoms with Gasteiger partial charge in [-0.15, -0.1) is 12.4 Å². The zero-order valence-electron chi connectivity index (χ0n) is 13.0. The number of amides is 1. The number of alkyl halides is 3. The highest BCUT2D eigenvalue weighted by Gasteiger charge is 2.38. The summed E-state index contributed by atoms with van der Waals surface area (Å²) in [5.41, 5.74) is 3.61. The summed E-state index contributed by atoms with van der Waals surface area (Å²) in [7, 11) is 1.54. The smallest absolute Gasteiger partial charge is 0.381 e. The maximum absolute atomic E-state index is 14.1. The van der Waals surface area contributed by atoms with E-state index >= 15 is 0 Å². The minimum Gasteiger partial charge on any atom is -0.381 e. The predicted molar refractivity (Wildman–Crippen MR) is 82.6 cm³/mol. The number of piperidine rings is 1. The molecule has 2 unspecified atom stereocenters. The minimum absolute atomic E-state index is 0. The van der Waals surface area contributed by atoms with Crippen molar-refractivity contribution in [1.82, 2.24) is 4.90 Å². The summed E-state index contributed by atoms with van der Waals surface area (Å²) >= 11 is 0. The van der Waals surface area contributed by atoms with Gasteiger partial charge in [-0.05, 0) is 25.0 Å². The molecule has 1 fully saturated rings. The number of nitrogens with zero attached hydrogens (tertiary/aromatic N) is 1. The first-order valence-corrected chi connectivity index (χ1v) is 7.19. The minimum atomic E-state index is -4.85. The predicted octanol–water partition coefficient (Wildman–Crippen LogP) is 2.84. The highest BCUT2D eigenvalue weighted by atomic mass is 35.5. The first-order valence-electron chi connectivity index (χ1n) is 7.19. The van der Waals surface area contributed by atoms with E-state index < -0.39 is 35.1 Å². The topological polar surface area (TPSA) is 55.6 Å². The van der Waals surface area contributed by atoms with Gasteiger partial charge in [0, 0.05) is 26.2 Å². The van der Waals surface area contributed by atoms with Crippen molar-refractivity contribution in [2.24, 2.45) is 5.73 Å². The van der Waals surface area contributed by atoms with Crippen LogP contribution in [-0.2, 0) is 10.9 Å². The molecule has 1 aromatic rings. The molecule has 1 saturated heterocycles. The van der Waals surface area contributed by atoms with Crippen LogP contribution in [-0.4, -0.2) is 43.2 Å². The number of likely N-dealkylation sites (tertiary alicyclic amines) is 1. The first-order chi connectivity index (χ1) is 10.8. The molecule has 0 aromatic heterocycles. The van der Waals surface area contributed by atoms with Crippen molar-refractivity contribution in [3.05, 3.63) is 35.1 Å². The van der Waals surface area contributed by atoms with Crippen LogP contribution in [0.5, 0.6) is 0 Å². The highest BCUT2D eigenvalue weighted by Crippen LogP contribution is 2.33. The summed E-state index contributed by atoms with van der Waals surface area (Å²) < 4.78 is 57.7. The standard InChI is InChI=1S/C15H18F4N2O2.ClH/c1-23-10-5-6-21(9(7-10)8-20)14(22)11-3-2-4-12(13(11)16)15(17,18)19;/h2-4,9-10H,5-8,20H2,1H3;1H. The molecule has 2 atom stereocenters. The number of halogens is 5. The Labute approximate surface area is 143 Å². The molecule has 9 heteroatoms. The third-order valence-electron chi connectivity index (χ3n) is 4.07. The number of ether oxygens (including phenoxy) is 1. The summed E-state index contributed by atoms with van der Waals surface area (Å²) in [5.74, 6) is -2.33. The largest absolute Gasteiger partial charge is 0.419 e. The lowest BCUT2D eigenvalue weighted by Gasteiger charge is -2.38. The van der Waals surface area contributed by atoms with Crippen molar-refractivity contribution in [2.75, 3.05) is 20.2 Å². The number of carbonyl (C=O) groups is 1. The monoisotopic (exact) mass is 370 g/mol. The Hall–Kier alpha value is -1.38. The van der Waals surface area contributed by atoms with Gasteiger partial charge in [-0.3, -0.25) is 4.79 Å². The Morgan fingerprint density at radius 1 is 1.42 bits per heavy atom. The number of benzene rings is 1. The van der Waals surface area contributed by atoms with Crippen molar-refractivity contribution in [1.29, 1.82) is 0 Å². The summed E-state index contributed by atoms with van der Waals surface area (Å²) in [4.78, 5) is 13.8. The van der Waals surface area contributed by atoms with Crippen LogP contribution in [0.4, 0.5) is 17.6 Å². The average Bonchev–Trinajstić information content (AvgIpc) is 2.52. The van der Waals surface area contributed by atoms with Crippen LogP contribution in [0.3, 0.4) is 0 Å². The van der Waals surface area contributed by atoms with E-state index in [9.17, 15) is 22.4 Å². The van der Waals surface area contributed by atoms with Crippen molar-refractivity contribution in [3.8, 4) is 0 Å². The zero-order valence-corrected chi connectivity index (χ0v) is 13.8. The molecule has 0 spiro atoms. The molecule has 0 radical (unpaired) electrons. The van der Waals surface area contributed by atoms with Gasteiger partial charge in [-0.1, -0.05) is 6.07 Å². The molecule has 1 amide bonds. The molecule has 0 bridgehead atoms. The van der Waals surface area contributed by atoms with Crippen molar-refractivity contribution >= 4 is 18.3 Å². The van der Waals surface area contributed by atoms with Gasteiger partial charge in [0.1, 0.15) is 5.82 Å². The van der Waals surface area contributed by atoms with E-state index in [-0.39, 0.29) is 31.6 Å². The normalized spacial score (nSPS) is 21.3. The second-order valence-electron chi connectivity index (χ2n) is 5.44. The number of carbonyl (C=O) groups excluding carboxylic acids is 1. The van der Waals surface area contributed by atoms with Gasteiger partial charge in [-0.2, -0.15) is 13.2 Å². The lowest BCUT2D eigenvalue weighted by molar-refractivity contribution is -0.140. The van der Waals surface area contributed by atoms with Gasteiger partial charge < -0.3 is 15.4 Å². The van der Waals surface area contributed by atoms with Crippen molar-refractivity contribution in [3.63, 3.8) is 0 Å². The number of hydrogen-bond acceptors (Lipinski definition) is 3. The second kappa shape index (κ2) is 8.13. The first kappa shape index (κ1) is 20.7. The van der Waals surface area contributed by atoms with Crippen LogP contribution >= 0.6 is 12.4 Å². The van der Waals surface area contributed by atoms with E-state index in [0.717, 1.165) is 12.1 Å². The SMILES string of the molecule is COC1CCN(C(=O)c2cccc(C(F)(F)F)c2F)C(CN)C1.Cl. The fraction of sp³-hybridized carbons (Fsp3) is 0.533. The molecule has 2 rings (SSSR count). The molecule has 1 heterocycles. The lowest BCUT2D eigenvalue weighted by atomic mass is 9.97. The molecule has 136 valence electrons. The van der Waals surface area contributed by atoms with Crippen LogP contribution in [0.25, 0.3) is 0 Å². The molecule has 2 N–H and O–H groups in total. The van der Waals surface area contributed by atoms with Crippen molar-refractivity contribution < 1.29 is 27.1 Å². The van der Waals surface area contributed by atoms with Gasteiger partial charge >= 0.3 is 6.18 Å². The second-order valence-corrected chi connectivity index (χ2v) is 5.44. The van der Waals surface area contributed by atoms with E-state index in [2.05, 4.69) is 0 Å². The maximum atomic E-state index is 14.1. The van der Waals surface area contributed by atoms with E-state index in [0.29, 0.717) is 18.9 Å². The maximum Gasteiger partial charge on any atom is 0.419 e. The zero-order chi connectivity index (χ0) is 17.2. The van der Waals surface area contributed by atoms with E-state index in [4.69, 9.17) is 10.5 Å². The molecule has 1 aliphatic rings. The van der Waals surface area contributed by atoms with Crippen LogP contribution in [0.2, 0.25) is 0 Å². The van der Waals surface area contributed by atoms with Gasteiger partial charge in [0.15, 0.2) is 0 Å². The van der Waals surface area contributed by atoms with Gasteiger partial charge in [0.2, 0.25) is 0 Å². The number of hydrogen-bond donors (Lipinski definition) is 1. The number of methoxy groups -OCH3 is 1. The van der Waals surface area contributed by atoms with Crippen molar-refractivity contribution in [2.45, 2.75) is 31.2 Å². The lowest BCUT2D eigenvalue weighted by Crippen LogP contribution is -2.51. The Bertz CT molecular complexity index is 583. The number of rotatable bonds is 3. The highest BCUT2D eigenvalue weighted by molar-refractivity contribution is 5.95. The molecule has 1 aromatic carbocycles. The van der Waals surface area contributed by atoms with Gasteiger partial charge in [0.25, 0.3) is 5.91 Å². The Morgan fingerprint density at radius 3 is 2.62 bits per heavy atom. The molecule has 0 saturated carbocycles. The molecule has 0 aliphatic carbocycles. The Kier molecular flexibility index (Phi) is 7.00. The summed E-state index contributed by atoms with van der Waals surface area (Å²) in [5, 5.41) is 0. The molecular formula is C15H19ClF4N2O2. The van der Waals surface area contributed by atoms with Gasteiger partial charge in [0.05, 0.1) is 17.2 Å². The summed E-state index contributed by atoms with van der Waals surface area (Å²) in [6, 6.07) is 2.31. The van der Waals surface area contributed by atoms with Crippen LogP contribution in [0, 0.1) is 5.82 Å². The average molecular weight is 371 g/mol. The fourth-order valence-corrected chi connectivity index (χ4v) is 2.79. The van der Waals surface area contributed by atoms with E-state index in [1.54, 1.807) is 7.11 Å². The van der Waals surface area contributed by atoms with Gasteiger partial charge in [-0.25, -0.2) is 4.39 Å². The van der Waals surface area contributed by atoms with E-state index in [1.165, 1.54) is 4.90 Å². The van der Waals surface area contributed by atoms with E-state index in [1.807, 2.05) is 0 Å². The molecular weight excluding hydrogens is 352 g/mol. The van der Waals surface area contributed by atoms with Crippen LogP contribution in [0.15, 0.2) is 18.2 Å². The Balaban J connectivity index is 0.00000288. The Morgan fingerprint density at radius 2 is 2.08 bits per heavy atom. The third kappa shape index (κ3) is 4.17. The summed E-state index contributed by atoms with van der Waals surface area (Å²) in [6.07, 6.45) is -3.92. The molecule has 1 aliphatic heterocycles. The van der Waals surface area contributed by atoms with Crippen LogP contribution < -0.4 is 5.73 Å². The van der Waals surface area contributed by atoms with Crippen LogP contribution in [0.1, 0.15) is 28.8 Å². The summed E-state index contributed by atoms with van der Waals surface area (Å²) in [6.45, 7) is 0.390. The quantitative estimate of drug-likeness (QED) is 0.832. The fourth-order valence-electron chi connectivity index (χ4n) is 2.79. The molecule has 4 nitrogen and oxygen atoms in total. The molecule has 24 heavy (non-hydrogen) atoms.